The Morgan fingerprint density at radius 1 is 1.41 bits per heavy atom. The molecule has 1 aliphatic carbocycles. The maximum atomic E-state index is 12.1. The summed E-state index contributed by atoms with van der Waals surface area (Å²) in [6, 6.07) is 2.85. The lowest BCUT2D eigenvalue weighted by atomic mass is 9.86. The second-order valence-electron chi connectivity index (χ2n) is 5.45. The fourth-order valence-electron chi connectivity index (χ4n) is 2.53. The van der Waals surface area contributed by atoms with Crippen LogP contribution in [-0.2, 0) is 0 Å². The number of ether oxygens (including phenoxy) is 1. The van der Waals surface area contributed by atoms with Crippen LogP contribution in [-0.4, -0.2) is 41.7 Å². The highest BCUT2D eigenvalue weighted by molar-refractivity contribution is 5.92. The van der Waals surface area contributed by atoms with Gasteiger partial charge in [0.1, 0.15) is 18.1 Å². The van der Waals surface area contributed by atoms with Crippen LogP contribution < -0.4 is 10.1 Å². The number of rotatable bonds is 6. The minimum atomic E-state index is -2.56. The maximum Gasteiger partial charge on any atom is 0.272 e. The molecule has 0 spiro atoms. The molecule has 1 aromatic heterocycles. The van der Waals surface area contributed by atoms with Gasteiger partial charge in [0.15, 0.2) is 0 Å². The molecule has 5 nitrogen and oxygen atoms in total. The Bertz CT molecular complexity index is 491. The van der Waals surface area contributed by atoms with Crippen molar-refractivity contribution in [2.75, 3.05) is 13.2 Å². The number of aliphatic hydroxyl groups excluding tert-OH is 1. The first-order valence-electron chi connectivity index (χ1n) is 7.37. The first kappa shape index (κ1) is 16.6. The Balaban J connectivity index is 1.88. The van der Waals surface area contributed by atoms with E-state index < -0.39 is 13.0 Å². The standard InChI is InChI=1S/C15H20F2N2O3/c16-14(17)9-22-12-5-6-18-13(7-12)15(21)19-11-3-1-10(8-20)2-4-11/h5-7,10-11,14,20H,1-4,8-9H2,(H,19,21). The van der Waals surface area contributed by atoms with E-state index in [0.717, 1.165) is 25.7 Å². The van der Waals surface area contributed by atoms with Gasteiger partial charge in [0.25, 0.3) is 12.3 Å². The van der Waals surface area contributed by atoms with E-state index in [4.69, 9.17) is 9.84 Å². The number of halogens is 2. The van der Waals surface area contributed by atoms with E-state index in [1.54, 1.807) is 0 Å². The van der Waals surface area contributed by atoms with Gasteiger partial charge in [-0.2, -0.15) is 0 Å². The first-order valence-corrected chi connectivity index (χ1v) is 7.37. The molecule has 0 bridgehead atoms. The molecule has 0 atom stereocenters. The van der Waals surface area contributed by atoms with E-state index >= 15 is 0 Å². The second-order valence-corrected chi connectivity index (χ2v) is 5.45. The minimum Gasteiger partial charge on any atom is -0.488 e. The third kappa shape index (κ3) is 4.91. The minimum absolute atomic E-state index is 0.0581. The molecule has 1 heterocycles. The highest BCUT2D eigenvalue weighted by Crippen LogP contribution is 2.24. The number of carbonyl (C=O) groups is 1. The SMILES string of the molecule is O=C(NC1CCC(CO)CC1)c1cc(OCC(F)F)ccn1. The van der Waals surface area contributed by atoms with Crippen LogP contribution in [0.1, 0.15) is 36.2 Å². The summed E-state index contributed by atoms with van der Waals surface area (Å²) in [4.78, 5) is 16.1. The van der Waals surface area contributed by atoms with Gasteiger partial charge in [-0.1, -0.05) is 0 Å². The number of aromatic nitrogens is 1. The van der Waals surface area contributed by atoms with Crippen molar-refractivity contribution in [2.24, 2.45) is 5.92 Å². The summed E-state index contributed by atoms with van der Waals surface area (Å²) in [6.45, 7) is -0.526. The lowest BCUT2D eigenvalue weighted by molar-refractivity contribution is 0.0816. The summed E-state index contributed by atoms with van der Waals surface area (Å²) in [7, 11) is 0. The summed E-state index contributed by atoms with van der Waals surface area (Å²) in [5.74, 6) is 0.178. The molecule has 0 saturated heterocycles. The molecule has 0 aromatic carbocycles. The molecule has 0 unspecified atom stereocenters. The van der Waals surface area contributed by atoms with Crippen LogP contribution >= 0.6 is 0 Å². The molecule has 22 heavy (non-hydrogen) atoms. The van der Waals surface area contributed by atoms with E-state index in [9.17, 15) is 13.6 Å². The number of hydrogen-bond acceptors (Lipinski definition) is 4. The maximum absolute atomic E-state index is 12.1. The molecule has 1 aromatic rings. The number of aliphatic hydroxyl groups is 1. The molecule has 0 radical (unpaired) electrons. The highest BCUT2D eigenvalue weighted by atomic mass is 19.3. The average molecular weight is 314 g/mol. The largest absolute Gasteiger partial charge is 0.488 e. The summed E-state index contributed by atoms with van der Waals surface area (Å²) in [6.07, 6.45) is 2.20. The van der Waals surface area contributed by atoms with Crippen LogP contribution in [0.15, 0.2) is 18.3 Å². The zero-order chi connectivity index (χ0) is 15.9. The molecule has 2 N–H and O–H groups in total. The topological polar surface area (TPSA) is 71.5 Å². The quantitative estimate of drug-likeness (QED) is 0.842. The lowest BCUT2D eigenvalue weighted by Gasteiger charge is -2.27. The van der Waals surface area contributed by atoms with Crippen LogP contribution in [0.4, 0.5) is 8.78 Å². The number of carbonyl (C=O) groups excluding carboxylic acids is 1. The monoisotopic (exact) mass is 314 g/mol. The van der Waals surface area contributed by atoms with Crippen LogP contribution in [0.5, 0.6) is 5.75 Å². The molecule has 1 saturated carbocycles. The van der Waals surface area contributed by atoms with Gasteiger partial charge >= 0.3 is 0 Å². The molecule has 2 rings (SSSR count). The number of alkyl halides is 2. The van der Waals surface area contributed by atoms with Crippen molar-refractivity contribution in [3.8, 4) is 5.75 Å². The van der Waals surface area contributed by atoms with Crippen molar-refractivity contribution in [3.05, 3.63) is 24.0 Å². The molecule has 1 aliphatic rings. The first-order chi connectivity index (χ1) is 10.6. The van der Waals surface area contributed by atoms with Gasteiger partial charge in [-0.05, 0) is 37.7 Å². The Hall–Kier alpha value is -1.76. The summed E-state index contributed by atoms with van der Waals surface area (Å²) in [5, 5.41) is 12.0. The fraction of sp³-hybridized carbons (Fsp3) is 0.600. The molecule has 7 heteroatoms. The van der Waals surface area contributed by atoms with Crippen LogP contribution in [0.3, 0.4) is 0 Å². The third-order valence-corrected chi connectivity index (χ3v) is 3.78. The van der Waals surface area contributed by atoms with Gasteiger partial charge in [-0.3, -0.25) is 9.78 Å². The van der Waals surface area contributed by atoms with Crippen molar-refractivity contribution in [1.29, 1.82) is 0 Å². The molecular formula is C15H20F2N2O3. The van der Waals surface area contributed by atoms with Crippen LogP contribution in [0, 0.1) is 5.92 Å². The number of nitrogens with zero attached hydrogens (tertiary/aromatic N) is 1. The predicted molar refractivity (Wildman–Crippen MR) is 76.0 cm³/mol. The van der Waals surface area contributed by atoms with Gasteiger partial charge in [-0.25, -0.2) is 8.78 Å². The van der Waals surface area contributed by atoms with Crippen LogP contribution in [0.2, 0.25) is 0 Å². The Kier molecular flexibility index (Phi) is 6.06. The van der Waals surface area contributed by atoms with E-state index in [0.29, 0.717) is 5.92 Å². The number of nitrogens with one attached hydrogen (secondary N) is 1. The van der Waals surface area contributed by atoms with Gasteiger partial charge < -0.3 is 15.2 Å². The van der Waals surface area contributed by atoms with Crippen molar-refractivity contribution >= 4 is 5.91 Å². The Morgan fingerprint density at radius 2 is 2.14 bits per heavy atom. The second kappa shape index (κ2) is 8.03. The van der Waals surface area contributed by atoms with Crippen LogP contribution in [0.25, 0.3) is 0 Å². The van der Waals surface area contributed by atoms with Gasteiger partial charge in [0, 0.05) is 24.9 Å². The van der Waals surface area contributed by atoms with Gasteiger partial charge in [0.2, 0.25) is 0 Å². The Morgan fingerprint density at radius 3 is 2.77 bits per heavy atom. The van der Waals surface area contributed by atoms with Crippen molar-refractivity contribution < 1.29 is 23.4 Å². The fourth-order valence-corrected chi connectivity index (χ4v) is 2.53. The number of hydrogen-bond donors (Lipinski definition) is 2. The van der Waals surface area contributed by atoms with Crippen molar-refractivity contribution in [2.45, 2.75) is 38.2 Å². The van der Waals surface area contributed by atoms with E-state index in [-0.39, 0.29) is 30.0 Å². The molecule has 122 valence electrons. The van der Waals surface area contributed by atoms with E-state index in [1.807, 2.05) is 0 Å². The van der Waals surface area contributed by atoms with E-state index in [2.05, 4.69) is 10.3 Å². The predicted octanol–water partition coefficient (Wildman–Crippen LogP) is 2.01. The highest BCUT2D eigenvalue weighted by Gasteiger charge is 2.22. The average Bonchev–Trinajstić information content (AvgIpc) is 2.54. The molecular weight excluding hydrogens is 294 g/mol. The summed E-state index contributed by atoms with van der Waals surface area (Å²) >= 11 is 0. The van der Waals surface area contributed by atoms with Gasteiger partial charge in [-0.15, -0.1) is 0 Å². The molecule has 0 aliphatic heterocycles. The zero-order valence-electron chi connectivity index (χ0n) is 12.2. The summed E-state index contributed by atoms with van der Waals surface area (Å²) in [5.41, 5.74) is 0.149. The normalized spacial score (nSPS) is 21.6. The van der Waals surface area contributed by atoms with E-state index in [1.165, 1.54) is 18.3 Å². The lowest BCUT2D eigenvalue weighted by Crippen LogP contribution is -2.38. The Labute approximate surface area is 127 Å². The zero-order valence-corrected chi connectivity index (χ0v) is 12.2. The third-order valence-electron chi connectivity index (χ3n) is 3.78. The smallest absolute Gasteiger partial charge is 0.272 e. The molecule has 1 amide bonds. The number of amides is 1. The van der Waals surface area contributed by atoms with Gasteiger partial charge in [0.05, 0.1) is 0 Å². The number of pyridine rings is 1. The molecule has 1 fully saturated rings. The summed E-state index contributed by atoms with van der Waals surface area (Å²) < 4.78 is 29.1. The van der Waals surface area contributed by atoms with Crippen molar-refractivity contribution in [3.63, 3.8) is 0 Å². The van der Waals surface area contributed by atoms with Crippen molar-refractivity contribution in [1.82, 2.24) is 10.3 Å².